The van der Waals surface area contributed by atoms with E-state index in [1.54, 1.807) is 30.5 Å². The van der Waals surface area contributed by atoms with Gasteiger partial charge in [0.1, 0.15) is 18.6 Å². The molecule has 0 unspecified atom stereocenters. The van der Waals surface area contributed by atoms with E-state index in [0.717, 1.165) is 11.2 Å². The highest BCUT2D eigenvalue weighted by molar-refractivity contribution is 7.15. The second-order valence-corrected chi connectivity index (χ2v) is 4.76. The molecule has 5 heteroatoms. The summed E-state index contributed by atoms with van der Waals surface area (Å²) in [5, 5.41) is 0. The summed E-state index contributed by atoms with van der Waals surface area (Å²) in [6.07, 6.45) is 2.47. The van der Waals surface area contributed by atoms with Gasteiger partial charge in [0.05, 0.1) is 4.88 Å². The molecule has 0 saturated carbocycles. The van der Waals surface area contributed by atoms with Crippen molar-refractivity contribution in [3.05, 3.63) is 45.4 Å². The van der Waals surface area contributed by atoms with E-state index in [1.165, 1.54) is 11.3 Å². The molecule has 82 valence electrons. The monoisotopic (exact) mass is 253 g/mol. The Bertz CT molecular complexity index is 498. The van der Waals surface area contributed by atoms with Crippen molar-refractivity contribution in [3.63, 3.8) is 0 Å². The van der Waals surface area contributed by atoms with E-state index in [-0.39, 0.29) is 0 Å². The van der Waals surface area contributed by atoms with E-state index in [9.17, 15) is 4.79 Å². The normalized spacial score (nSPS) is 10.1. The summed E-state index contributed by atoms with van der Waals surface area (Å²) in [5.41, 5.74) is 0.597. The standard InChI is InChI=1S/C11H8ClNO2S/c12-11-13-5-10(16-11)7-15-9-3-1-2-8(4-9)6-14/h1-6H,7H2. The Morgan fingerprint density at radius 1 is 1.50 bits per heavy atom. The van der Waals surface area contributed by atoms with Crippen LogP contribution in [-0.4, -0.2) is 11.3 Å². The maximum atomic E-state index is 10.6. The molecule has 2 rings (SSSR count). The number of carbonyl (C=O) groups is 1. The Labute approximate surface area is 102 Å². The van der Waals surface area contributed by atoms with Crippen molar-refractivity contribution in [2.45, 2.75) is 6.61 Å². The fraction of sp³-hybridized carbons (Fsp3) is 0.0909. The molecule has 2 aromatic rings. The van der Waals surface area contributed by atoms with Crippen LogP contribution in [0.2, 0.25) is 4.47 Å². The van der Waals surface area contributed by atoms with Crippen molar-refractivity contribution in [1.82, 2.24) is 4.98 Å². The first-order valence-corrected chi connectivity index (χ1v) is 5.75. The zero-order chi connectivity index (χ0) is 11.4. The number of nitrogens with zero attached hydrogens (tertiary/aromatic N) is 1. The molecular weight excluding hydrogens is 246 g/mol. The average Bonchev–Trinajstić information content (AvgIpc) is 2.73. The SMILES string of the molecule is O=Cc1cccc(OCc2cnc(Cl)s2)c1. The number of aldehydes is 1. The lowest BCUT2D eigenvalue weighted by atomic mass is 10.2. The van der Waals surface area contributed by atoms with Crippen LogP contribution < -0.4 is 4.74 Å². The largest absolute Gasteiger partial charge is 0.488 e. The summed E-state index contributed by atoms with van der Waals surface area (Å²) in [4.78, 5) is 15.4. The second kappa shape index (κ2) is 5.09. The summed E-state index contributed by atoms with van der Waals surface area (Å²) < 4.78 is 6.00. The molecule has 1 heterocycles. The zero-order valence-corrected chi connectivity index (χ0v) is 9.79. The third kappa shape index (κ3) is 2.81. The lowest BCUT2D eigenvalue weighted by molar-refractivity contribution is 0.112. The fourth-order valence-corrected chi connectivity index (χ4v) is 2.07. The number of aromatic nitrogens is 1. The van der Waals surface area contributed by atoms with Gasteiger partial charge in [-0.1, -0.05) is 23.7 Å². The van der Waals surface area contributed by atoms with Crippen molar-refractivity contribution >= 4 is 29.2 Å². The molecule has 0 aliphatic rings. The summed E-state index contributed by atoms with van der Waals surface area (Å²) in [6, 6.07) is 6.99. The third-order valence-corrected chi connectivity index (χ3v) is 2.99. The highest BCUT2D eigenvalue weighted by atomic mass is 35.5. The van der Waals surface area contributed by atoms with Gasteiger partial charge in [0.15, 0.2) is 4.47 Å². The number of hydrogen-bond donors (Lipinski definition) is 0. The first-order valence-electron chi connectivity index (χ1n) is 4.56. The summed E-state index contributed by atoms with van der Waals surface area (Å²) in [7, 11) is 0. The van der Waals surface area contributed by atoms with Crippen LogP contribution in [0.1, 0.15) is 15.2 Å². The number of halogens is 1. The van der Waals surface area contributed by atoms with E-state index in [2.05, 4.69) is 4.98 Å². The van der Waals surface area contributed by atoms with Gasteiger partial charge in [-0.3, -0.25) is 4.79 Å². The Morgan fingerprint density at radius 2 is 2.38 bits per heavy atom. The van der Waals surface area contributed by atoms with Gasteiger partial charge in [-0.05, 0) is 12.1 Å². The fourth-order valence-electron chi connectivity index (χ4n) is 1.18. The van der Waals surface area contributed by atoms with Gasteiger partial charge in [-0.15, -0.1) is 11.3 Å². The molecule has 0 aliphatic carbocycles. The number of thiazole rings is 1. The van der Waals surface area contributed by atoms with Crippen LogP contribution >= 0.6 is 22.9 Å². The number of rotatable bonds is 4. The maximum absolute atomic E-state index is 10.6. The molecular formula is C11H8ClNO2S. The third-order valence-electron chi connectivity index (χ3n) is 1.90. The van der Waals surface area contributed by atoms with Crippen molar-refractivity contribution < 1.29 is 9.53 Å². The van der Waals surface area contributed by atoms with E-state index in [0.29, 0.717) is 22.4 Å². The van der Waals surface area contributed by atoms with Crippen molar-refractivity contribution in [3.8, 4) is 5.75 Å². The molecule has 1 aromatic heterocycles. The molecule has 0 atom stereocenters. The summed E-state index contributed by atoms with van der Waals surface area (Å²) in [5.74, 6) is 0.661. The molecule has 16 heavy (non-hydrogen) atoms. The topological polar surface area (TPSA) is 39.2 Å². The predicted octanol–water partition coefficient (Wildman–Crippen LogP) is 3.19. The zero-order valence-electron chi connectivity index (χ0n) is 8.22. The minimum atomic E-state index is 0.409. The maximum Gasteiger partial charge on any atom is 0.183 e. The number of carbonyl (C=O) groups excluding carboxylic acids is 1. The van der Waals surface area contributed by atoms with E-state index >= 15 is 0 Å². The summed E-state index contributed by atoms with van der Waals surface area (Å²) in [6.45, 7) is 0.409. The number of hydrogen-bond acceptors (Lipinski definition) is 4. The van der Waals surface area contributed by atoms with E-state index in [4.69, 9.17) is 16.3 Å². The Kier molecular flexibility index (Phi) is 3.54. The lowest BCUT2D eigenvalue weighted by Crippen LogP contribution is -1.93. The van der Waals surface area contributed by atoms with Gasteiger partial charge in [0.2, 0.25) is 0 Å². The first-order chi connectivity index (χ1) is 7.78. The van der Waals surface area contributed by atoms with Gasteiger partial charge >= 0.3 is 0 Å². The molecule has 0 bridgehead atoms. The van der Waals surface area contributed by atoms with Crippen molar-refractivity contribution in [1.29, 1.82) is 0 Å². The van der Waals surface area contributed by atoms with Crippen molar-refractivity contribution in [2.24, 2.45) is 0 Å². The highest BCUT2D eigenvalue weighted by Crippen LogP contribution is 2.20. The molecule has 0 amide bonds. The second-order valence-electron chi connectivity index (χ2n) is 3.06. The average molecular weight is 254 g/mol. The van der Waals surface area contributed by atoms with Crippen LogP contribution in [0.5, 0.6) is 5.75 Å². The van der Waals surface area contributed by atoms with Gasteiger partial charge in [0.25, 0.3) is 0 Å². The van der Waals surface area contributed by atoms with Crippen LogP contribution in [0.15, 0.2) is 30.5 Å². The van der Waals surface area contributed by atoms with Crippen LogP contribution in [0.3, 0.4) is 0 Å². The summed E-state index contributed by atoms with van der Waals surface area (Å²) >= 11 is 7.07. The van der Waals surface area contributed by atoms with Gasteiger partial charge in [0, 0.05) is 11.8 Å². The van der Waals surface area contributed by atoms with Crippen LogP contribution in [0, 0.1) is 0 Å². The quantitative estimate of drug-likeness (QED) is 0.786. The molecule has 0 saturated heterocycles. The first kappa shape index (κ1) is 11.1. The Balaban J connectivity index is 2.01. The van der Waals surface area contributed by atoms with Gasteiger partial charge in [-0.2, -0.15) is 0 Å². The van der Waals surface area contributed by atoms with Crippen LogP contribution in [0.4, 0.5) is 0 Å². The molecule has 0 fully saturated rings. The van der Waals surface area contributed by atoms with Gasteiger partial charge in [-0.25, -0.2) is 4.98 Å². The predicted molar refractivity (Wildman–Crippen MR) is 63.3 cm³/mol. The molecule has 1 aromatic carbocycles. The van der Waals surface area contributed by atoms with Gasteiger partial charge < -0.3 is 4.74 Å². The molecule has 0 aliphatic heterocycles. The number of benzene rings is 1. The van der Waals surface area contributed by atoms with Crippen LogP contribution in [-0.2, 0) is 6.61 Å². The Hall–Kier alpha value is -1.39. The Morgan fingerprint density at radius 3 is 3.06 bits per heavy atom. The highest BCUT2D eigenvalue weighted by Gasteiger charge is 2.01. The molecule has 0 N–H and O–H groups in total. The minimum absolute atomic E-state index is 0.409. The minimum Gasteiger partial charge on any atom is -0.488 e. The van der Waals surface area contributed by atoms with Crippen molar-refractivity contribution in [2.75, 3.05) is 0 Å². The number of ether oxygens (including phenoxy) is 1. The molecule has 0 spiro atoms. The van der Waals surface area contributed by atoms with E-state index < -0.39 is 0 Å². The lowest BCUT2D eigenvalue weighted by Gasteiger charge is -2.03. The molecule has 3 nitrogen and oxygen atoms in total. The van der Waals surface area contributed by atoms with E-state index in [1.807, 2.05) is 0 Å². The molecule has 0 radical (unpaired) electrons. The van der Waals surface area contributed by atoms with Crippen LogP contribution in [0.25, 0.3) is 0 Å². The smallest absolute Gasteiger partial charge is 0.183 e.